The molecule has 0 atom stereocenters. The summed E-state index contributed by atoms with van der Waals surface area (Å²) in [5, 5.41) is 15.3. The SMILES string of the molecule is CSCc1cc(F)ccc1CN=C(NCc1nnc(C)n1C)NC1CCCCC1. The highest BCUT2D eigenvalue weighted by Crippen LogP contribution is 2.19. The zero-order chi connectivity index (χ0) is 20.6. The zero-order valence-electron chi connectivity index (χ0n) is 17.5. The Morgan fingerprint density at radius 3 is 2.72 bits per heavy atom. The summed E-state index contributed by atoms with van der Waals surface area (Å²) in [6, 6.07) is 5.41. The second-order valence-corrected chi connectivity index (χ2v) is 8.43. The predicted molar refractivity (Wildman–Crippen MR) is 117 cm³/mol. The molecule has 0 radical (unpaired) electrons. The van der Waals surface area contributed by atoms with Gasteiger partial charge in [0.25, 0.3) is 0 Å². The van der Waals surface area contributed by atoms with Crippen molar-refractivity contribution in [1.29, 1.82) is 0 Å². The molecule has 0 saturated heterocycles. The third-order valence-corrected chi connectivity index (χ3v) is 6.02. The van der Waals surface area contributed by atoms with Gasteiger partial charge >= 0.3 is 0 Å². The summed E-state index contributed by atoms with van der Waals surface area (Å²) in [5.41, 5.74) is 2.06. The second kappa shape index (κ2) is 10.6. The molecule has 0 amide bonds. The normalized spacial score (nSPS) is 15.5. The van der Waals surface area contributed by atoms with Crippen LogP contribution in [-0.2, 0) is 25.9 Å². The Hall–Kier alpha value is -2.09. The van der Waals surface area contributed by atoms with Crippen molar-refractivity contribution >= 4 is 17.7 Å². The average Bonchev–Trinajstić information content (AvgIpc) is 3.04. The van der Waals surface area contributed by atoms with Crippen LogP contribution >= 0.6 is 11.8 Å². The molecule has 1 saturated carbocycles. The summed E-state index contributed by atoms with van der Waals surface area (Å²) in [6.07, 6.45) is 8.17. The Bertz CT molecular complexity index is 829. The third kappa shape index (κ3) is 6.19. The van der Waals surface area contributed by atoms with Crippen molar-refractivity contribution < 1.29 is 4.39 Å². The molecule has 3 rings (SSSR count). The van der Waals surface area contributed by atoms with E-state index in [1.165, 1.54) is 25.3 Å². The number of hydrogen-bond donors (Lipinski definition) is 2. The first-order chi connectivity index (χ1) is 14.1. The molecule has 0 bridgehead atoms. The third-order valence-electron chi connectivity index (χ3n) is 5.42. The number of aryl methyl sites for hydroxylation is 1. The molecule has 1 aliphatic carbocycles. The fourth-order valence-corrected chi connectivity index (χ4v) is 4.14. The van der Waals surface area contributed by atoms with Crippen LogP contribution in [-0.4, -0.2) is 33.0 Å². The van der Waals surface area contributed by atoms with Crippen LogP contribution in [0.25, 0.3) is 0 Å². The molecule has 1 aliphatic rings. The van der Waals surface area contributed by atoms with Crippen LogP contribution in [0, 0.1) is 12.7 Å². The van der Waals surface area contributed by atoms with Crippen LogP contribution in [0.2, 0.25) is 0 Å². The van der Waals surface area contributed by atoms with Crippen molar-refractivity contribution in [2.45, 2.75) is 63.9 Å². The first-order valence-corrected chi connectivity index (χ1v) is 11.6. The zero-order valence-corrected chi connectivity index (χ0v) is 18.4. The smallest absolute Gasteiger partial charge is 0.192 e. The first-order valence-electron chi connectivity index (χ1n) is 10.2. The Balaban J connectivity index is 1.73. The number of thioether (sulfide) groups is 1. The lowest BCUT2D eigenvalue weighted by atomic mass is 9.96. The number of benzene rings is 1. The van der Waals surface area contributed by atoms with E-state index in [1.54, 1.807) is 17.8 Å². The minimum atomic E-state index is -0.196. The number of rotatable bonds is 7. The van der Waals surface area contributed by atoms with Gasteiger partial charge in [0.2, 0.25) is 0 Å². The van der Waals surface area contributed by atoms with Crippen LogP contribution in [0.1, 0.15) is 54.9 Å². The van der Waals surface area contributed by atoms with Crippen molar-refractivity contribution in [3.63, 3.8) is 0 Å². The fourth-order valence-electron chi connectivity index (χ4n) is 3.56. The Labute approximate surface area is 176 Å². The maximum atomic E-state index is 13.6. The van der Waals surface area contributed by atoms with Crippen LogP contribution in [0.3, 0.4) is 0 Å². The highest BCUT2D eigenvalue weighted by Gasteiger charge is 2.15. The number of guanidine groups is 1. The van der Waals surface area contributed by atoms with Gasteiger partial charge in [-0.15, -0.1) is 10.2 Å². The molecule has 1 aromatic carbocycles. The largest absolute Gasteiger partial charge is 0.354 e. The molecule has 1 aromatic heterocycles. The van der Waals surface area contributed by atoms with E-state index in [0.29, 0.717) is 19.1 Å². The lowest BCUT2D eigenvalue weighted by molar-refractivity contribution is 0.409. The van der Waals surface area contributed by atoms with Crippen molar-refractivity contribution in [1.82, 2.24) is 25.4 Å². The Morgan fingerprint density at radius 1 is 1.24 bits per heavy atom. The number of nitrogens with zero attached hydrogens (tertiary/aromatic N) is 4. The summed E-state index contributed by atoms with van der Waals surface area (Å²) in [5.74, 6) is 3.11. The van der Waals surface area contributed by atoms with Crippen molar-refractivity contribution in [3.8, 4) is 0 Å². The van der Waals surface area contributed by atoms with Gasteiger partial charge in [0.1, 0.15) is 11.6 Å². The monoisotopic (exact) mass is 418 g/mol. The number of halogens is 1. The van der Waals surface area contributed by atoms with Gasteiger partial charge in [0, 0.05) is 18.8 Å². The molecule has 0 unspecified atom stereocenters. The van der Waals surface area contributed by atoms with Gasteiger partial charge in [0.05, 0.1) is 13.1 Å². The summed E-state index contributed by atoms with van der Waals surface area (Å²) < 4.78 is 15.6. The van der Waals surface area contributed by atoms with E-state index in [2.05, 4.69) is 20.8 Å². The molecular formula is C21H31FN6S. The Morgan fingerprint density at radius 2 is 2.03 bits per heavy atom. The molecule has 2 N–H and O–H groups in total. The molecular weight excluding hydrogens is 387 g/mol. The molecule has 8 heteroatoms. The minimum absolute atomic E-state index is 0.196. The minimum Gasteiger partial charge on any atom is -0.354 e. The van der Waals surface area contributed by atoms with Gasteiger partial charge in [-0.3, -0.25) is 0 Å². The molecule has 0 spiro atoms. The van der Waals surface area contributed by atoms with Crippen molar-refractivity contribution in [2.75, 3.05) is 6.26 Å². The van der Waals surface area contributed by atoms with E-state index in [0.717, 1.165) is 47.3 Å². The van der Waals surface area contributed by atoms with E-state index in [9.17, 15) is 4.39 Å². The summed E-state index contributed by atoms with van der Waals surface area (Å²) >= 11 is 1.69. The maximum Gasteiger partial charge on any atom is 0.192 e. The van der Waals surface area contributed by atoms with Gasteiger partial charge in [-0.1, -0.05) is 25.3 Å². The van der Waals surface area contributed by atoms with Gasteiger partial charge in [-0.05, 0) is 49.3 Å². The summed E-state index contributed by atoms with van der Waals surface area (Å²) in [6.45, 7) is 3.00. The maximum absolute atomic E-state index is 13.6. The fraction of sp³-hybridized carbons (Fsp3) is 0.571. The molecule has 0 aliphatic heterocycles. The molecule has 6 nitrogen and oxygen atoms in total. The topological polar surface area (TPSA) is 67.1 Å². The lowest BCUT2D eigenvalue weighted by Crippen LogP contribution is -2.44. The number of aromatic nitrogens is 3. The quantitative estimate of drug-likeness (QED) is 0.530. The van der Waals surface area contributed by atoms with Crippen LogP contribution in [0.4, 0.5) is 4.39 Å². The summed E-state index contributed by atoms with van der Waals surface area (Å²) in [4.78, 5) is 4.82. The van der Waals surface area contributed by atoms with Crippen LogP contribution in [0.15, 0.2) is 23.2 Å². The number of aliphatic imine (C=N–C) groups is 1. The molecule has 1 fully saturated rings. The average molecular weight is 419 g/mol. The standard InChI is InChI=1S/C21H31FN6S/c1-15-26-27-20(28(15)2)13-24-21(25-19-7-5-4-6-8-19)23-12-16-9-10-18(22)11-17(16)14-29-3/h9-11,19H,4-8,12-14H2,1-3H3,(H2,23,24,25). The molecule has 1 heterocycles. The summed E-state index contributed by atoms with van der Waals surface area (Å²) in [7, 11) is 1.96. The van der Waals surface area contributed by atoms with E-state index in [1.807, 2.05) is 30.9 Å². The predicted octanol–water partition coefficient (Wildman–Crippen LogP) is 3.69. The highest BCUT2D eigenvalue weighted by molar-refractivity contribution is 7.97. The van der Waals surface area contributed by atoms with E-state index in [-0.39, 0.29) is 5.82 Å². The van der Waals surface area contributed by atoms with Gasteiger partial charge in [-0.25, -0.2) is 9.38 Å². The number of nitrogens with one attached hydrogen (secondary N) is 2. The first kappa shape index (κ1) is 21.6. The van der Waals surface area contributed by atoms with Crippen molar-refractivity contribution in [2.24, 2.45) is 12.0 Å². The van der Waals surface area contributed by atoms with Gasteiger partial charge < -0.3 is 15.2 Å². The molecule has 158 valence electrons. The molecule has 29 heavy (non-hydrogen) atoms. The highest BCUT2D eigenvalue weighted by atomic mass is 32.2. The van der Waals surface area contributed by atoms with E-state index in [4.69, 9.17) is 4.99 Å². The number of hydrogen-bond acceptors (Lipinski definition) is 4. The van der Waals surface area contributed by atoms with Crippen molar-refractivity contribution in [3.05, 3.63) is 46.8 Å². The molecule has 2 aromatic rings. The second-order valence-electron chi connectivity index (χ2n) is 7.57. The van der Waals surface area contributed by atoms with Crippen LogP contribution < -0.4 is 10.6 Å². The van der Waals surface area contributed by atoms with Gasteiger partial charge in [0.15, 0.2) is 11.8 Å². The Kier molecular flexibility index (Phi) is 7.91. The lowest BCUT2D eigenvalue weighted by Gasteiger charge is -2.25. The van der Waals surface area contributed by atoms with Crippen LogP contribution in [0.5, 0.6) is 0 Å². The van der Waals surface area contributed by atoms with E-state index < -0.39 is 0 Å². The van der Waals surface area contributed by atoms with Gasteiger partial charge in [-0.2, -0.15) is 11.8 Å². The van der Waals surface area contributed by atoms with E-state index >= 15 is 0 Å².